The molecule has 0 aromatic heterocycles. The predicted molar refractivity (Wildman–Crippen MR) is 154 cm³/mol. The molecule has 1 N–H and O–H groups in total. The highest BCUT2D eigenvalue weighted by Crippen LogP contribution is 2.47. The van der Waals surface area contributed by atoms with Crippen LogP contribution in [-0.4, -0.2) is 12.2 Å². The maximum absolute atomic E-state index is 9.78. The zero-order valence-corrected chi connectivity index (χ0v) is 22.7. The van der Waals surface area contributed by atoms with E-state index in [1.54, 1.807) is 7.11 Å². The number of aliphatic hydroxyl groups is 1. The summed E-state index contributed by atoms with van der Waals surface area (Å²) in [7, 11) is 1.71. The summed E-state index contributed by atoms with van der Waals surface area (Å²) in [6.07, 6.45) is 7.30. The van der Waals surface area contributed by atoms with E-state index in [1.807, 2.05) is 24.3 Å². The molecule has 1 atom stereocenters. The summed E-state index contributed by atoms with van der Waals surface area (Å²) in [5, 5.41) is 9.78. The minimum absolute atomic E-state index is 0.131. The quantitative estimate of drug-likeness (QED) is 0.269. The number of hydrogen-bond acceptors (Lipinski definition) is 3. The van der Waals surface area contributed by atoms with Crippen molar-refractivity contribution < 1.29 is 14.6 Å². The van der Waals surface area contributed by atoms with E-state index in [0.717, 1.165) is 48.3 Å². The van der Waals surface area contributed by atoms with Gasteiger partial charge in [-0.2, -0.15) is 0 Å². The van der Waals surface area contributed by atoms with Gasteiger partial charge in [0.1, 0.15) is 18.1 Å². The van der Waals surface area contributed by atoms with Crippen LogP contribution in [0.25, 0.3) is 16.7 Å². The number of allylic oxidation sites excluding steroid dienone is 3. The van der Waals surface area contributed by atoms with Crippen molar-refractivity contribution in [1.29, 1.82) is 0 Å². The highest BCUT2D eigenvalue weighted by molar-refractivity contribution is 5.85. The van der Waals surface area contributed by atoms with Crippen molar-refractivity contribution in [3.05, 3.63) is 102 Å². The van der Waals surface area contributed by atoms with Gasteiger partial charge in [-0.15, -0.1) is 0 Å². The summed E-state index contributed by atoms with van der Waals surface area (Å²) < 4.78 is 11.8. The lowest BCUT2D eigenvalue weighted by Crippen LogP contribution is -2.10. The molecule has 0 fully saturated rings. The Kier molecular flexibility index (Phi) is 8.43. The molecule has 3 aromatic rings. The zero-order chi connectivity index (χ0) is 26.4. The molecule has 194 valence electrons. The van der Waals surface area contributed by atoms with E-state index in [9.17, 15) is 5.11 Å². The van der Waals surface area contributed by atoms with Crippen LogP contribution in [0.15, 0.2) is 85.1 Å². The highest BCUT2D eigenvalue weighted by atomic mass is 16.5. The van der Waals surface area contributed by atoms with E-state index in [0.29, 0.717) is 13.0 Å². The van der Waals surface area contributed by atoms with E-state index in [-0.39, 0.29) is 17.1 Å². The number of benzene rings is 3. The van der Waals surface area contributed by atoms with E-state index in [2.05, 4.69) is 75.9 Å². The van der Waals surface area contributed by atoms with Gasteiger partial charge in [-0.3, -0.25) is 0 Å². The second kappa shape index (κ2) is 11.7. The molecule has 1 aliphatic carbocycles. The Balaban J connectivity index is 1.62. The number of rotatable bonds is 11. The zero-order valence-electron chi connectivity index (χ0n) is 22.7. The maximum atomic E-state index is 9.78. The summed E-state index contributed by atoms with van der Waals surface area (Å²) >= 11 is 0. The molecule has 0 unspecified atom stereocenters. The monoisotopic (exact) mass is 496 g/mol. The van der Waals surface area contributed by atoms with E-state index in [1.165, 1.54) is 22.3 Å². The van der Waals surface area contributed by atoms with Crippen LogP contribution < -0.4 is 9.47 Å². The summed E-state index contributed by atoms with van der Waals surface area (Å²) in [5.74, 6) is 2.19. The average Bonchev–Trinajstić information content (AvgIpc) is 3.25. The van der Waals surface area contributed by atoms with Gasteiger partial charge in [0.05, 0.1) is 12.9 Å². The number of aliphatic hydroxyl groups excluding tert-OH is 1. The molecule has 4 rings (SSSR count). The van der Waals surface area contributed by atoms with Crippen LogP contribution in [0.4, 0.5) is 0 Å². The van der Waals surface area contributed by atoms with Crippen LogP contribution in [0.3, 0.4) is 0 Å². The van der Waals surface area contributed by atoms with E-state index >= 15 is 0 Å². The molecular formula is C34H40O3. The van der Waals surface area contributed by atoms with Crippen molar-refractivity contribution >= 4 is 5.57 Å². The Labute approximate surface area is 222 Å². The summed E-state index contributed by atoms with van der Waals surface area (Å²) in [4.78, 5) is 0. The summed E-state index contributed by atoms with van der Waals surface area (Å²) in [6.45, 7) is 11.0. The molecule has 0 spiro atoms. The molecule has 0 bridgehead atoms. The van der Waals surface area contributed by atoms with Crippen LogP contribution >= 0.6 is 0 Å². The van der Waals surface area contributed by atoms with Gasteiger partial charge in [0.15, 0.2) is 0 Å². The Hall–Kier alpha value is -3.46. The van der Waals surface area contributed by atoms with Crippen molar-refractivity contribution in [2.45, 2.75) is 65.4 Å². The van der Waals surface area contributed by atoms with Crippen molar-refractivity contribution in [1.82, 2.24) is 0 Å². The lowest BCUT2D eigenvalue weighted by Gasteiger charge is -2.25. The lowest BCUT2D eigenvalue weighted by atomic mass is 9.79. The van der Waals surface area contributed by atoms with Gasteiger partial charge >= 0.3 is 0 Å². The molecule has 0 amide bonds. The molecule has 1 aliphatic rings. The topological polar surface area (TPSA) is 38.7 Å². The fraction of sp³-hybridized carbons (Fsp3) is 0.353. The largest absolute Gasteiger partial charge is 0.513 e. The van der Waals surface area contributed by atoms with Crippen molar-refractivity contribution in [3.63, 3.8) is 0 Å². The minimum Gasteiger partial charge on any atom is -0.513 e. The van der Waals surface area contributed by atoms with Gasteiger partial charge in [-0.05, 0) is 94.3 Å². The molecule has 3 heteroatoms. The van der Waals surface area contributed by atoms with Gasteiger partial charge in [0, 0.05) is 6.42 Å². The van der Waals surface area contributed by atoms with Crippen molar-refractivity contribution in [3.8, 4) is 22.6 Å². The summed E-state index contributed by atoms with van der Waals surface area (Å²) in [6, 6.07) is 23.3. The molecule has 0 aliphatic heterocycles. The lowest BCUT2D eigenvalue weighted by molar-refractivity contribution is 0.305. The predicted octanol–water partition coefficient (Wildman–Crippen LogP) is 9.49. The smallest absolute Gasteiger partial charge is 0.120 e. The third kappa shape index (κ3) is 6.46. The molecule has 3 nitrogen and oxygen atoms in total. The number of ether oxygens (including phenoxy) is 2. The van der Waals surface area contributed by atoms with Gasteiger partial charge in [-0.1, -0.05) is 76.2 Å². The van der Waals surface area contributed by atoms with Gasteiger partial charge in [0.2, 0.25) is 0 Å². The maximum Gasteiger partial charge on any atom is 0.120 e. The molecular weight excluding hydrogens is 456 g/mol. The van der Waals surface area contributed by atoms with Gasteiger partial charge in [-0.25, -0.2) is 0 Å². The molecule has 0 radical (unpaired) electrons. The van der Waals surface area contributed by atoms with E-state index in [4.69, 9.17) is 9.47 Å². The first-order valence-corrected chi connectivity index (χ1v) is 13.4. The van der Waals surface area contributed by atoms with Crippen LogP contribution in [0, 0.1) is 5.41 Å². The second-order valence-corrected chi connectivity index (χ2v) is 10.8. The van der Waals surface area contributed by atoms with Crippen LogP contribution in [-0.2, 0) is 6.61 Å². The Morgan fingerprint density at radius 1 is 1.00 bits per heavy atom. The minimum atomic E-state index is 0.131. The van der Waals surface area contributed by atoms with Crippen LogP contribution in [0.2, 0.25) is 0 Å². The molecule has 0 saturated heterocycles. The second-order valence-electron chi connectivity index (χ2n) is 10.8. The SMILES string of the molecule is C=C(O)C[C@@H](CCC)c1cccc(OCc2ccc(-c3cccc(OC)c3)c(C3=CCCC3(C)C)c2)c1. The first-order chi connectivity index (χ1) is 17.8. The van der Waals surface area contributed by atoms with Crippen LogP contribution in [0.1, 0.15) is 75.5 Å². The average molecular weight is 497 g/mol. The first kappa shape index (κ1) is 26.6. The van der Waals surface area contributed by atoms with Crippen molar-refractivity contribution in [2.75, 3.05) is 7.11 Å². The molecule has 0 saturated carbocycles. The Morgan fingerprint density at radius 2 is 1.78 bits per heavy atom. The fourth-order valence-electron chi connectivity index (χ4n) is 5.45. The fourth-order valence-corrected chi connectivity index (χ4v) is 5.45. The Bertz CT molecular complexity index is 1270. The third-order valence-corrected chi connectivity index (χ3v) is 7.46. The van der Waals surface area contributed by atoms with Gasteiger partial charge in [0.25, 0.3) is 0 Å². The van der Waals surface area contributed by atoms with Gasteiger partial charge < -0.3 is 14.6 Å². The molecule has 37 heavy (non-hydrogen) atoms. The third-order valence-electron chi connectivity index (χ3n) is 7.46. The highest BCUT2D eigenvalue weighted by Gasteiger charge is 2.30. The first-order valence-electron chi connectivity index (χ1n) is 13.4. The van der Waals surface area contributed by atoms with E-state index < -0.39 is 0 Å². The molecule has 0 heterocycles. The molecule has 3 aromatic carbocycles. The van der Waals surface area contributed by atoms with Crippen molar-refractivity contribution in [2.24, 2.45) is 5.41 Å². The Morgan fingerprint density at radius 3 is 2.49 bits per heavy atom. The standard InChI is InChI=1S/C34H40O3/c1-6-10-26(19-24(2)35)27-11-7-14-30(21-27)37-23-25-16-17-31(28-12-8-13-29(22-28)36-5)32(20-25)33-15-9-18-34(33,3)4/h7-8,11-17,20-22,26,35H,2,6,9-10,18-19,23H2,1,3-5H3/t26-/m1/s1. The van der Waals surface area contributed by atoms with Crippen LogP contribution in [0.5, 0.6) is 11.5 Å². The normalized spacial score (nSPS) is 15.2. The number of hydrogen-bond donors (Lipinski definition) is 1. The number of methoxy groups -OCH3 is 1. The summed E-state index contributed by atoms with van der Waals surface area (Å²) in [5.41, 5.74) is 7.51.